The van der Waals surface area contributed by atoms with Crippen LogP contribution in [0.25, 0.3) is 0 Å². The molecule has 1 aromatic carbocycles. The predicted octanol–water partition coefficient (Wildman–Crippen LogP) is 0.394. The van der Waals surface area contributed by atoms with Crippen molar-refractivity contribution in [2.24, 2.45) is 14.1 Å². The van der Waals surface area contributed by atoms with E-state index in [-0.39, 0.29) is 23.4 Å². The number of rotatable bonds is 4. The van der Waals surface area contributed by atoms with Gasteiger partial charge in [0.1, 0.15) is 0 Å². The second kappa shape index (κ2) is 5.66. The molecule has 0 aliphatic carbocycles. The Morgan fingerprint density at radius 3 is 2.38 bits per heavy atom. The Kier molecular flexibility index (Phi) is 3.93. The summed E-state index contributed by atoms with van der Waals surface area (Å²) in [5.41, 5.74) is 0.596. The molecule has 2 N–H and O–H groups in total. The number of carbonyl (C=O) groups is 1. The van der Waals surface area contributed by atoms with Crippen LogP contribution in [0.1, 0.15) is 15.9 Å². The van der Waals surface area contributed by atoms with Gasteiger partial charge >= 0.3 is 11.7 Å². The van der Waals surface area contributed by atoms with E-state index in [0.29, 0.717) is 11.3 Å². The number of anilines is 1. The molecule has 2 aromatic rings. The quantitative estimate of drug-likeness (QED) is 0.849. The topological polar surface area (TPSA) is 93.3 Å². The predicted molar refractivity (Wildman–Crippen MR) is 77.7 cm³/mol. The van der Waals surface area contributed by atoms with Gasteiger partial charge < -0.3 is 15.0 Å². The van der Waals surface area contributed by atoms with Crippen LogP contribution in [-0.4, -0.2) is 20.2 Å². The van der Waals surface area contributed by atoms with Crippen molar-refractivity contribution in [3.63, 3.8) is 0 Å². The van der Waals surface area contributed by atoms with Crippen LogP contribution in [-0.2, 0) is 20.6 Å². The maximum absolute atomic E-state index is 11.9. The van der Waals surface area contributed by atoms with E-state index in [2.05, 4.69) is 5.32 Å². The minimum absolute atomic E-state index is 0.193. The lowest BCUT2D eigenvalue weighted by Crippen LogP contribution is -2.38. The first-order valence-corrected chi connectivity index (χ1v) is 6.23. The maximum atomic E-state index is 11.9. The highest BCUT2D eigenvalue weighted by molar-refractivity contribution is 5.87. The SMILES string of the molecule is Cn1cc(CNc2ccc(C(=O)O)cc2)c(=O)n(C)c1=O. The number of aromatic carboxylic acids is 1. The minimum Gasteiger partial charge on any atom is -0.478 e. The van der Waals surface area contributed by atoms with E-state index in [9.17, 15) is 14.4 Å². The van der Waals surface area contributed by atoms with E-state index >= 15 is 0 Å². The van der Waals surface area contributed by atoms with Crippen molar-refractivity contribution in [3.05, 3.63) is 62.4 Å². The summed E-state index contributed by atoms with van der Waals surface area (Å²) in [6, 6.07) is 6.19. The summed E-state index contributed by atoms with van der Waals surface area (Å²) in [5.74, 6) is -0.992. The molecule has 0 bridgehead atoms. The summed E-state index contributed by atoms with van der Waals surface area (Å²) in [7, 11) is 3.00. The summed E-state index contributed by atoms with van der Waals surface area (Å²) < 4.78 is 2.39. The van der Waals surface area contributed by atoms with Crippen LogP contribution in [0.5, 0.6) is 0 Å². The molecule has 0 saturated carbocycles. The van der Waals surface area contributed by atoms with Gasteiger partial charge in [0.15, 0.2) is 0 Å². The lowest BCUT2D eigenvalue weighted by atomic mass is 10.2. The molecule has 0 atom stereocenters. The fourth-order valence-electron chi connectivity index (χ4n) is 1.93. The van der Waals surface area contributed by atoms with E-state index in [0.717, 1.165) is 4.57 Å². The third-order valence-electron chi connectivity index (χ3n) is 3.13. The highest BCUT2D eigenvalue weighted by atomic mass is 16.4. The molecule has 2 rings (SSSR count). The lowest BCUT2D eigenvalue weighted by molar-refractivity contribution is 0.0697. The molecule has 0 saturated heterocycles. The minimum atomic E-state index is -0.992. The van der Waals surface area contributed by atoms with Crippen molar-refractivity contribution >= 4 is 11.7 Å². The largest absolute Gasteiger partial charge is 0.478 e. The Morgan fingerprint density at radius 2 is 1.81 bits per heavy atom. The number of carboxylic acid groups (broad SMARTS) is 1. The molecule has 0 radical (unpaired) electrons. The molecule has 0 spiro atoms. The van der Waals surface area contributed by atoms with E-state index in [4.69, 9.17) is 5.11 Å². The molecular formula is C14H15N3O4. The maximum Gasteiger partial charge on any atom is 0.335 e. The Labute approximate surface area is 120 Å². The first-order valence-electron chi connectivity index (χ1n) is 6.23. The smallest absolute Gasteiger partial charge is 0.335 e. The second-order valence-electron chi connectivity index (χ2n) is 4.65. The summed E-state index contributed by atoms with van der Waals surface area (Å²) >= 11 is 0. The van der Waals surface area contributed by atoms with Gasteiger partial charge in [-0.25, -0.2) is 9.59 Å². The summed E-state index contributed by atoms with van der Waals surface area (Å²) in [4.78, 5) is 34.3. The van der Waals surface area contributed by atoms with Gasteiger partial charge in [0.05, 0.1) is 11.1 Å². The van der Waals surface area contributed by atoms with Crippen molar-refractivity contribution in [3.8, 4) is 0 Å². The van der Waals surface area contributed by atoms with Gasteiger partial charge in [0, 0.05) is 32.5 Å². The number of aromatic nitrogens is 2. The van der Waals surface area contributed by atoms with Gasteiger partial charge in [-0.3, -0.25) is 9.36 Å². The Hall–Kier alpha value is -2.83. The average Bonchev–Trinajstić information content (AvgIpc) is 2.48. The van der Waals surface area contributed by atoms with Crippen LogP contribution in [0, 0.1) is 0 Å². The standard InChI is InChI=1S/C14H15N3O4/c1-16-8-10(12(18)17(2)14(16)21)7-15-11-5-3-9(4-6-11)13(19)20/h3-6,8,15H,7H2,1-2H3,(H,19,20). The second-order valence-corrected chi connectivity index (χ2v) is 4.65. The normalized spacial score (nSPS) is 10.4. The molecular weight excluding hydrogens is 274 g/mol. The molecule has 7 heteroatoms. The van der Waals surface area contributed by atoms with Crippen molar-refractivity contribution in [1.82, 2.24) is 9.13 Å². The van der Waals surface area contributed by atoms with Gasteiger partial charge in [-0.1, -0.05) is 0 Å². The van der Waals surface area contributed by atoms with E-state index < -0.39 is 5.97 Å². The molecule has 0 fully saturated rings. The highest BCUT2D eigenvalue weighted by Gasteiger charge is 2.07. The molecule has 0 amide bonds. The van der Waals surface area contributed by atoms with E-state index in [1.165, 1.54) is 29.9 Å². The summed E-state index contributed by atoms with van der Waals surface area (Å²) in [6.45, 7) is 0.243. The fraction of sp³-hybridized carbons (Fsp3) is 0.214. The number of nitrogens with zero attached hydrogens (tertiary/aromatic N) is 2. The van der Waals surface area contributed by atoms with Gasteiger partial charge in [-0.2, -0.15) is 0 Å². The molecule has 7 nitrogen and oxygen atoms in total. The number of aryl methyl sites for hydroxylation is 1. The van der Waals surface area contributed by atoms with Crippen LogP contribution in [0.2, 0.25) is 0 Å². The number of hydrogen-bond acceptors (Lipinski definition) is 4. The highest BCUT2D eigenvalue weighted by Crippen LogP contribution is 2.10. The summed E-state index contributed by atoms with van der Waals surface area (Å²) in [5, 5.41) is 11.8. The zero-order valence-corrected chi connectivity index (χ0v) is 11.7. The van der Waals surface area contributed by atoms with Crippen LogP contribution in [0.15, 0.2) is 40.1 Å². The number of carboxylic acids is 1. The summed E-state index contributed by atoms with van der Waals surface area (Å²) in [6.07, 6.45) is 1.49. The van der Waals surface area contributed by atoms with Crippen LogP contribution < -0.4 is 16.6 Å². The zero-order valence-electron chi connectivity index (χ0n) is 11.7. The van der Waals surface area contributed by atoms with Crippen molar-refractivity contribution in [1.29, 1.82) is 0 Å². The average molecular weight is 289 g/mol. The van der Waals surface area contributed by atoms with Crippen LogP contribution >= 0.6 is 0 Å². The molecule has 0 aliphatic rings. The van der Waals surface area contributed by atoms with E-state index in [1.807, 2.05) is 0 Å². The Bertz CT molecular complexity index is 787. The number of hydrogen-bond donors (Lipinski definition) is 2. The molecule has 1 heterocycles. The van der Waals surface area contributed by atoms with Crippen molar-refractivity contribution in [2.45, 2.75) is 6.54 Å². The fourth-order valence-corrected chi connectivity index (χ4v) is 1.93. The van der Waals surface area contributed by atoms with Gasteiger partial charge in [-0.05, 0) is 24.3 Å². The van der Waals surface area contributed by atoms with Gasteiger partial charge in [-0.15, -0.1) is 0 Å². The lowest BCUT2D eigenvalue weighted by Gasteiger charge is -2.09. The number of benzene rings is 1. The first-order chi connectivity index (χ1) is 9.90. The third-order valence-corrected chi connectivity index (χ3v) is 3.13. The molecule has 110 valence electrons. The van der Waals surface area contributed by atoms with Gasteiger partial charge in [0.2, 0.25) is 0 Å². The molecule has 0 unspecified atom stereocenters. The number of nitrogens with one attached hydrogen (secondary N) is 1. The van der Waals surface area contributed by atoms with E-state index in [1.54, 1.807) is 19.2 Å². The first kappa shape index (κ1) is 14.6. The Balaban J connectivity index is 2.19. The van der Waals surface area contributed by atoms with Crippen molar-refractivity contribution in [2.75, 3.05) is 5.32 Å². The van der Waals surface area contributed by atoms with Gasteiger partial charge in [0.25, 0.3) is 5.56 Å². The van der Waals surface area contributed by atoms with Crippen LogP contribution in [0.4, 0.5) is 5.69 Å². The van der Waals surface area contributed by atoms with Crippen LogP contribution in [0.3, 0.4) is 0 Å². The van der Waals surface area contributed by atoms with Crippen molar-refractivity contribution < 1.29 is 9.90 Å². The zero-order chi connectivity index (χ0) is 15.6. The molecule has 21 heavy (non-hydrogen) atoms. The molecule has 0 aliphatic heterocycles. The third kappa shape index (κ3) is 3.02. The monoisotopic (exact) mass is 289 g/mol. The molecule has 1 aromatic heterocycles. The Morgan fingerprint density at radius 1 is 1.19 bits per heavy atom.